The molecule has 2 aromatic rings. The predicted octanol–water partition coefficient (Wildman–Crippen LogP) is -0.913. The number of hydrogen-bond acceptors (Lipinski definition) is 8. The van der Waals surface area contributed by atoms with Gasteiger partial charge in [-0.05, 0) is 12.1 Å². The summed E-state index contributed by atoms with van der Waals surface area (Å²) in [6.07, 6.45) is 0. The molecule has 10 nitrogen and oxygen atoms in total. The summed E-state index contributed by atoms with van der Waals surface area (Å²) in [5, 5.41) is 3.50. The molecule has 0 spiro atoms. The first kappa shape index (κ1) is 13.1. The molecule has 2 amide bonds. The van der Waals surface area contributed by atoms with Crippen molar-refractivity contribution in [2.75, 3.05) is 5.43 Å². The van der Waals surface area contributed by atoms with Gasteiger partial charge in [0, 0.05) is 0 Å². The van der Waals surface area contributed by atoms with Crippen LogP contribution in [0.1, 0.15) is 0 Å². The largest absolute Gasteiger partial charge is 0.422 e. The number of carbonyl (C=O) groups excluding carboxylic acids is 2. The van der Waals surface area contributed by atoms with Crippen LogP contribution in [0.3, 0.4) is 0 Å². The van der Waals surface area contributed by atoms with Crippen molar-refractivity contribution in [3.05, 3.63) is 24.3 Å². The lowest BCUT2D eigenvalue weighted by atomic mass is 10.3. The molecule has 1 aromatic heterocycles. The minimum absolute atomic E-state index is 0.0438. The maximum Gasteiger partial charge on any atom is 0.326 e. The van der Waals surface area contributed by atoms with E-state index in [9.17, 15) is 18.0 Å². The zero-order chi connectivity index (χ0) is 15.0. The Bertz CT molecular complexity index is 825. The smallest absolute Gasteiger partial charge is 0.326 e. The maximum absolute atomic E-state index is 11.4. The Morgan fingerprint density at radius 3 is 2.48 bits per heavy atom. The third kappa shape index (κ3) is 2.53. The van der Waals surface area contributed by atoms with E-state index >= 15 is 0 Å². The van der Waals surface area contributed by atoms with Crippen molar-refractivity contribution >= 4 is 44.8 Å². The molecular formula is C10H7N5O5S. The fraction of sp³-hybridized carbons (Fsp3) is 0. The molecule has 0 atom stereocenters. The monoisotopic (exact) mass is 309 g/mol. The molecule has 1 aliphatic rings. The summed E-state index contributed by atoms with van der Waals surface area (Å²) in [7, 11) is -4.16. The molecule has 1 aromatic carbocycles. The number of aromatic nitrogens is 1. The zero-order valence-electron chi connectivity index (χ0n) is 10.2. The Kier molecular flexibility index (Phi) is 2.83. The predicted molar refractivity (Wildman–Crippen MR) is 70.3 cm³/mol. The highest BCUT2D eigenvalue weighted by atomic mass is 32.2. The summed E-state index contributed by atoms with van der Waals surface area (Å²) in [5.74, 6) is -2.30. The van der Waals surface area contributed by atoms with Gasteiger partial charge in [-0.25, -0.2) is 14.9 Å². The summed E-state index contributed by atoms with van der Waals surface area (Å²) in [4.78, 5) is 26.9. The van der Waals surface area contributed by atoms with Gasteiger partial charge >= 0.3 is 16.2 Å². The number of nitrogens with zero attached hydrogens (tertiary/aromatic N) is 2. The van der Waals surface area contributed by atoms with Crippen molar-refractivity contribution < 1.29 is 22.4 Å². The number of fused-ring (bicyclic) bond motifs is 1. The number of oxazole rings is 1. The van der Waals surface area contributed by atoms with Crippen LogP contribution >= 0.6 is 0 Å². The van der Waals surface area contributed by atoms with Gasteiger partial charge in [-0.2, -0.15) is 18.5 Å². The minimum atomic E-state index is -4.16. The van der Waals surface area contributed by atoms with Crippen molar-refractivity contribution in [3.63, 3.8) is 0 Å². The summed E-state index contributed by atoms with van der Waals surface area (Å²) in [5.41, 5.74) is 2.67. The third-order valence-electron chi connectivity index (χ3n) is 2.44. The number of amides is 2. The van der Waals surface area contributed by atoms with E-state index in [1.165, 1.54) is 0 Å². The standard InChI is InChI=1S/C10H7N5O5S/c16-8-7(9(17)15-21(18,19)14-8)12-13-10-11-5-3-1-2-4-6(5)20-10/h1-4H,(H,11,13)(H,14,16)(H,15,17). The average Bonchev–Trinajstić information content (AvgIpc) is 2.78. The fourth-order valence-electron chi connectivity index (χ4n) is 1.59. The highest BCUT2D eigenvalue weighted by molar-refractivity contribution is 7.89. The van der Waals surface area contributed by atoms with E-state index in [0.29, 0.717) is 11.1 Å². The molecule has 3 rings (SSSR count). The van der Waals surface area contributed by atoms with E-state index < -0.39 is 27.7 Å². The normalized spacial score (nSPS) is 17.2. The van der Waals surface area contributed by atoms with Gasteiger partial charge in [0.25, 0.3) is 11.8 Å². The van der Waals surface area contributed by atoms with Gasteiger partial charge in [-0.3, -0.25) is 9.59 Å². The van der Waals surface area contributed by atoms with E-state index in [4.69, 9.17) is 4.42 Å². The number of carbonyl (C=O) groups is 2. The molecule has 1 saturated heterocycles. The van der Waals surface area contributed by atoms with Gasteiger partial charge in [-0.1, -0.05) is 12.1 Å². The lowest BCUT2D eigenvalue weighted by Gasteiger charge is -2.14. The molecule has 0 unspecified atom stereocenters. The summed E-state index contributed by atoms with van der Waals surface area (Å²) >= 11 is 0. The Morgan fingerprint density at radius 2 is 1.81 bits per heavy atom. The van der Waals surface area contributed by atoms with Gasteiger partial charge in [-0.15, -0.1) is 0 Å². The van der Waals surface area contributed by atoms with Crippen molar-refractivity contribution in [1.29, 1.82) is 0 Å². The van der Waals surface area contributed by atoms with Crippen LogP contribution in [0.15, 0.2) is 33.8 Å². The third-order valence-corrected chi connectivity index (χ3v) is 3.35. The van der Waals surface area contributed by atoms with E-state index in [-0.39, 0.29) is 6.01 Å². The number of para-hydroxylation sites is 2. The van der Waals surface area contributed by atoms with E-state index in [0.717, 1.165) is 0 Å². The summed E-state index contributed by atoms with van der Waals surface area (Å²) in [6.45, 7) is 0. The van der Waals surface area contributed by atoms with Crippen molar-refractivity contribution in [2.45, 2.75) is 0 Å². The van der Waals surface area contributed by atoms with Crippen LogP contribution < -0.4 is 14.9 Å². The number of hydrogen-bond donors (Lipinski definition) is 3. The van der Waals surface area contributed by atoms with Crippen molar-refractivity contribution in [2.24, 2.45) is 5.10 Å². The first-order valence-corrected chi connectivity index (χ1v) is 7.01. The summed E-state index contributed by atoms with van der Waals surface area (Å²) in [6, 6.07) is 6.83. The molecule has 0 radical (unpaired) electrons. The van der Waals surface area contributed by atoms with Crippen molar-refractivity contribution in [1.82, 2.24) is 14.4 Å². The molecular weight excluding hydrogens is 302 g/mol. The molecule has 3 N–H and O–H groups in total. The van der Waals surface area contributed by atoms with E-state index in [2.05, 4.69) is 15.5 Å². The first-order valence-electron chi connectivity index (χ1n) is 5.53. The van der Waals surface area contributed by atoms with Crippen LogP contribution in [0.2, 0.25) is 0 Å². The molecule has 0 aliphatic carbocycles. The molecule has 1 aliphatic heterocycles. The second-order valence-electron chi connectivity index (χ2n) is 3.92. The average molecular weight is 309 g/mol. The Labute approximate surface area is 117 Å². The molecule has 1 fully saturated rings. The SMILES string of the molecule is O=C1NS(=O)(=O)NC(=O)C1=NNc1nc2ccccc2o1. The van der Waals surface area contributed by atoms with E-state index in [1.807, 2.05) is 0 Å². The van der Waals surface area contributed by atoms with Crippen LogP contribution in [-0.4, -0.2) is 30.9 Å². The number of rotatable bonds is 2. The van der Waals surface area contributed by atoms with Crippen LogP contribution in [0.25, 0.3) is 11.1 Å². The van der Waals surface area contributed by atoms with Crippen molar-refractivity contribution in [3.8, 4) is 0 Å². The van der Waals surface area contributed by atoms with Gasteiger partial charge in [0.15, 0.2) is 5.58 Å². The lowest BCUT2D eigenvalue weighted by Crippen LogP contribution is -2.56. The first-order chi connectivity index (χ1) is 9.94. The van der Waals surface area contributed by atoms with Gasteiger partial charge in [0.1, 0.15) is 5.52 Å². The zero-order valence-corrected chi connectivity index (χ0v) is 11.0. The van der Waals surface area contributed by atoms with Gasteiger partial charge in [0.05, 0.1) is 0 Å². The van der Waals surface area contributed by atoms with Crippen LogP contribution in [0, 0.1) is 0 Å². The van der Waals surface area contributed by atoms with Gasteiger partial charge in [0.2, 0.25) is 5.71 Å². The number of hydrazone groups is 1. The quantitative estimate of drug-likeness (QED) is 0.609. The topological polar surface area (TPSA) is 143 Å². The Balaban J connectivity index is 1.85. The molecule has 21 heavy (non-hydrogen) atoms. The molecule has 0 bridgehead atoms. The summed E-state index contributed by atoms with van der Waals surface area (Å²) < 4.78 is 30.5. The molecule has 0 saturated carbocycles. The second kappa shape index (κ2) is 4.56. The van der Waals surface area contributed by atoms with Crippen LogP contribution in [0.4, 0.5) is 6.01 Å². The van der Waals surface area contributed by atoms with Gasteiger partial charge < -0.3 is 4.42 Å². The maximum atomic E-state index is 11.4. The second-order valence-corrected chi connectivity index (χ2v) is 5.34. The van der Waals surface area contributed by atoms with Crippen LogP contribution in [-0.2, 0) is 19.8 Å². The Hall–Kier alpha value is -2.95. The number of benzene rings is 1. The highest BCUT2D eigenvalue weighted by Gasteiger charge is 2.33. The highest BCUT2D eigenvalue weighted by Crippen LogP contribution is 2.17. The van der Waals surface area contributed by atoms with E-state index in [1.54, 1.807) is 33.7 Å². The minimum Gasteiger partial charge on any atom is -0.422 e. The number of anilines is 1. The number of nitrogens with one attached hydrogen (secondary N) is 3. The molecule has 2 heterocycles. The van der Waals surface area contributed by atoms with Crippen LogP contribution in [0.5, 0.6) is 0 Å². The molecule has 11 heteroatoms. The Morgan fingerprint density at radius 1 is 1.14 bits per heavy atom. The lowest BCUT2D eigenvalue weighted by molar-refractivity contribution is -0.118. The fourth-order valence-corrected chi connectivity index (χ4v) is 2.33. The molecule has 108 valence electrons.